The lowest BCUT2D eigenvalue weighted by Crippen LogP contribution is -1.86. The van der Waals surface area contributed by atoms with Crippen LogP contribution in [0.25, 0.3) is 17.3 Å². The van der Waals surface area contributed by atoms with E-state index in [-0.39, 0.29) is 0 Å². The molecule has 0 aliphatic carbocycles. The molecule has 5 heteroatoms. The smallest absolute Gasteiger partial charge is 0.328 e. The van der Waals surface area contributed by atoms with Gasteiger partial charge in [-0.05, 0) is 25.1 Å². The van der Waals surface area contributed by atoms with E-state index in [0.29, 0.717) is 10.8 Å². The summed E-state index contributed by atoms with van der Waals surface area (Å²) in [7, 11) is 0. The summed E-state index contributed by atoms with van der Waals surface area (Å²) in [5.74, 6) is -0.502. The van der Waals surface area contributed by atoms with Gasteiger partial charge in [0.25, 0.3) is 0 Å². The maximum atomic E-state index is 10.4. The Labute approximate surface area is 109 Å². The Kier molecular flexibility index (Phi) is 3.48. The minimum atomic E-state index is -1.01. The average Bonchev–Trinajstić information content (AvgIpc) is 2.68. The fourth-order valence-corrected chi connectivity index (χ4v) is 1.82. The van der Waals surface area contributed by atoms with E-state index in [1.807, 2.05) is 25.1 Å². The Bertz CT molecular complexity index is 617. The zero-order valence-electron chi connectivity index (χ0n) is 9.64. The number of halogens is 1. The molecule has 0 unspecified atom stereocenters. The Morgan fingerprint density at radius 1 is 1.50 bits per heavy atom. The molecular weight excluding hydrogens is 252 g/mol. The second-order valence-electron chi connectivity index (χ2n) is 3.78. The zero-order valence-corrected chi connectivity index (χ0v) is 10.4. The predicted molar refractivity (Wildman–Crippen MR) is 70.4 cm³/mol. The SMILES string of the molecule is Cc1[nH]c(/C=C/C(=O)O)nc1-c1cccc(Cl)c1. The van der Waals surface area contributed by atoms with E-state index in [4.69, 9.17) is 16.7 Å². The van der Waals surface area contributed by atoms with Crippen molar-refractivity contribution >= 4 is 23.6 Å². The summed E-state index contributed by atoms with van der Waals surface area (Å²) in [4.78, 5) is 17.8. The van der Waals surface area contributed by atoms with E-state index in [0.717, 1.165) is 23.0 Å². The molecule has 0 bridgehead atoms. The first-order chi connectivity index (χ1) is 8.56. The molecule has 0 atom stereocenters. The number of imidazole rings is 1. The van der Waals surface area contributed by atoms with Gasteiger partial charge in [0.2, 0.25) is 0 Å². The number of aromatic amines is 1. The van der Waals surface area contributed by atoms with Crippen molar-refractivity contribution in [2.75, 3.05) is 0 Å². The van der Waals surface area contributed by atoms with Gasteiger partial charge in [-0.2, -0.15) is 0 Å². The standard InChI is InChI=1S/C13H11ClN2O2/c1-8-13(9-3-2-4-10(14)7-9)16-11(15-8)5-6-12(17)18/h2-7H,1H3,(H,15,16)(H,17,18)/b6-5+. The van der Waals surface area contributed by atoms with E-state index < -0.39 is 5.97 Å². The number of aromatic nitrogens is 2. The lowest BCUT2D eigenvalue weighted by molar-refractivity contribution is -0.131. The van der Waals surface area contributed by atoms with Gasteiger partial charge in [0.05, 0.1) is 5.69 Å². The quantitative estimate of drug-likeness (QED) is 0.835. The number of aryl methyl sites for hydroxylation is 1. The lowest BCUT2D eigenvalue weighted by Gasteiger charge is -1.98. The maximum Gasteiger partial charge on any atom is 0.328 e. The van der Waals surface area contributed by atoms with Crippen LogP contribution in [0.15, 0.2) is 30.3 Å². The van der Waals surface area contributed by atoms with Crippen molar-refractivity contribution in [3.05, 3.63) is 46.9 Å². The molecule has 0 saturated carbocycles. The minimum absolute atomic E-state index is 0.505. The molecule has 0 spiro atoms. The molecule has 0 saturated heterocycles. The van der Waals surface area contributed by atoms with E-state index in [9.17, 15) is 4.79 Å². The Morgan fingerprint density at radius 2 is 2.28 bits per heavy atom. The third kappa shape index (κ3) is 2.78. The van der Waals surface area contributed by atoms with Gasteiger partial charge in [0.1, 0.15) is 5.82 Å². The van der Waals surface area contributed by atoms with Crippen molar-refractivity contribution in [2.45, 2.75) is 6.92 Å². The number of carbonyl (C=O) groups is 1. The third-order valence-electron chi connectivity index (χ3n) is 2.38. The summed E-state index contributed by atoms with van der Waals surface area (Å²) in [6.07, 6.45) is 2.46. The molecule has 0 amide bonds. The van der Waals surface area contributed by atoms with Gasteiger partial charge in [0.15, 0.2) is 0 Å². The second-order valence-corrected chi connectivity index (χ2v) is 4.21. The average molecular weight is 263 g/mol. The first-order valence-corrected chi connectivity index (χ1v) is 5.67. The largest absolute Gasteiger partial charge is 0.478 e. The molecule has 1 aromatic heterocycles. The van der Waals surface area contributed by atoms with Crippen LogP contribution in [-0.4, -0.2) is 21.0 Å². The molecule has 2 N–H and O–H groups in total. The van der Waals surface area contributed by atoms with Crippen LogP contribution >= 0.6 is 11.6 Å². The fraction of sp³-hybridized carbons (Fsp3) is 0.0769. The van der Waals surface area contributed by atoms with Crippen LogP contribution in [0, 0.1) is 6.92 Å². The van der Waals surface area contributed by atoms with Crippen molar-refractivity contribution in [1.29, 1.82) is 0 Å². The molecule has 2 aromatic rings. The van der Waals surface area contributed by atoms with E-state index in [2.05, 4.69) is 9.97 Å². The highest BCUT2D eigenvalue weighted by Crippen LogP contribution is 2.24. The Morgan fingerprint density at radius 3 is 2.94 bits per heavy atom. The third-order valence-corrected chi connectivity index (χ3v) is 2.62. The molecule has 0 radical (unpaired) electrons. The van der Waals surface area contributed by atoms with E-state index in [1.165, 1.54) is 6.08 Å². The first-order valence-electron chi connectivity index (χ1n) is 5.30. The number of carboxylic acid groups (broad SMARTS) is 1. The topological polar surface area (TPSA) is 66.0 Å². The molecule has 0 fully saturated rings. The minimum Gasteiger partial charge on any atom is -0.478 e. The van der Waals surface area contributed by atoms with Crippen LogP contribution in [-0.2, 0) is 4.79 Å². The van der Waals surface area contributed by atoms with Crippen LogP contribution in [0.5, 0.6) is 0 Å². The van der Waals surface area contributed by atoms with Crippen LogP contribution in [0.3, 0.4) is 0 Å². The number of hydrogen-bond donors (Lipinski definition) is 2. The van der Waals surface area contributed by atoms with Gasteiger partial charge in [-0.15, -0.1) is 0 Å². The monoisotopic (exact) mass is 262 g/mol. The van der Waals surface area contributed by atoms with Gasteiger partial charge >= 0.3 is 5.97 Å². The molecule has 18 heavy (non-hydrogen) atoms. The fourth-order valence-electron chi connectivity index (χ4n) is 1.63. The van der Waals surface area contributed by atoms with Crippen LogP contribution in [0.2, 0.25) is 5.02 Å². The maximum absolute atomic E-state index is 10.4. The number of nitrogens with zero attached hydrogens (tertiary/aromatic N) is 1. The highest BCUT2D eigenvalue weighted by Gasteiger charge is 2.07. The van der Waals surface area contributed by atoms with Crippen molar-refractivity contribution in [3.63, 3.8) is 0 Å². The number of aliphatic carboxylic acids is 1. The summed E-state index contributed by atoms with van der Waals surface area (Å²) in [5, 5.41) is 9.20. The summed E-state index contributed by atoms with van der Waals surface area (Å²) in [6, 6.07) is 7.35. The Balaban J connectivity index is 2.38. The normalized spacial score (nSPS) is 11.0. The number of nitrogens with one attached hydrogen (secondary N) is 1. The molecule has 1 aromatic carbocycles. The second kappa shape index (κ2) is 5.06. The van der Waals surface area contributed by atoms with Crippen molar-refractivity contribution in [3.8, 4) is 11.3 Å². The highest BCUT2D eigenvalue weighted by molar-refractivity contribution is 6.30. The first kappa shape index (κ1) is 12.4. The predicted octanol–water partition coefficient (Wildman–Crippen LogP) is 3.14. The Hall–Kier alpha value is -2.07. The molecule has 1 heterocycles. The van der Waals surface area contributed by atoms with Crippen LogP contribution < -0.4 is 0 Å². The summed E-state index contributed by atoms with van der Waals surface area (Å²) in [6.45, 7) is 1.88. The number of rotatable bonds is 3. The lowest BCUT2D eigenvalue weighted by atomic mass is 10.1. The summed E-state index contributed by atoms with van der Waals surface area (Å²) in [5.41, 5.74) is 2.52. The highest BCUT2D eigenvalue weighted by atomic mass is 35.5. The van der Waals surface area contributed by atoms with Gasteiger partial charge in [-0.25, -0.2) is 9.78 Å². The molecule has 0 aliphatic heterocycles. The molecule has 2 rings (SSSR count). The number of benzene rings is 1. The van der Waals surface area contributed by atoms with Crippen molar-refractivity contribution < 1.29 is 9.90 Å². The van der Waals surface area contributed by atoms with Crippen molar-refractivity contribution in [2.24, 2.45) is 0 Å². The van der Waals surface area contributed by atoms with Crippen LogP contribution in [0.4, 0.5) is 0 Å². The number of hydrogen-bond acceptors (Lipinski definition) is 2. The zero-order chi connectivity index (χ0) is 13.1. The summed E-state index contributed by atoms with van der Waals surface area (Å²) >= 11 is 5.93. The molecule has 0 aliphatic rings. The molecular formula is C13H11ClN2O2. The summed E-state index contributed by atoms with van der Waals surface area (Å²) < 4.78 is 0. The van der Waals surface area contributed by atoms with E-state index >= 15 is 0 Å². The molecule has 92 valence electrons. The molecule has 4 nitrogen and oxygen atoms in total. The number of carboxylic acids is 1. The van der Waals surface area contributed by atoms with Gasteiger partial charge in [-0.3, -0.25) is 0 Å². The number of H-pyrrole nitrogens is 1. The van der Waals surface area contributed by atoms with Gasteiger partial charge in [0, 0.05) is 22.4 Å². The van der Waals surface area contributed by atoms with Crippen molar-refractivity contribution in [1.82, 2.24) is 9.97 Å². The van der Waals surface area contributed by atoms with Gasteiger partial charge < -0.3 is 10.1 Å². The van der Waals surface area contributed by atoms with Crippen LogP contribution in [0.1, 0.15) is 11.5 Å². The van der Waals surface area contributed by atoms with E-state index in [1.54, 1.807) is 6.07 Å². The van der Waals surface area contributed by atoms with Gasteiger partial charge in [-0.1, -0.05) is 23.7 Å².